The summed E-state index contributed by atoms with van der Waals surface area (Å²) in [5.41, 5.74) is 1.15. The van der Waals surface area contributed by atoms with Crippen molar-refractivity contribution in [3.05, 3.63) is 29.8 Å². The van der Waals surface area contributed by atoms with Gasteiger partial charge in [0.1, 0.15) is 11.0 Å². The molecule has 0 unspecified atom stereocenters. The monoisotopic (exact) mass is 341 g/mol. The first kappa shape index (κ1) is 19.5. The fourth-order valence-electron chi connectivity index (χ4n) is 2.02. The molecule has 0 spiro atoms. The van der Waals surface area contributed by atoms with Gasteiger partial charge in [0.25, 0.3) is 0 Å². The van der Waals surface area contributed by atoms with Crippen LogP contribution in [0.25, 0.3) is 0 Å². The van der Waals surface area contributed by atoms with Crippen LogP contribution >= 0.6 is 0 Å². The van der Waals surface area contributed by atoms with Crippen molar-refractivity contribution < 1.29 is 17.9 Å². The fourth-order valence-corrected chi connectivity index (χ4v) is 2.47. The summed E-state index contributed by atoms with van der Waals surface area (Å²) in [6.07, 6.45) is 2.76. The average Bonchev–Trinajstić information content (AvgIpc) is 2.44. The minimum absolute atomic E-state index is 0.0849. The van der Waals surface area contributed by atoms with Gasteiger partial charge in [-0.1, -0.05) is 12.1 Å². The van der Waals surface area contributed by atoms with Crippen molar-refractivity contribution >= 4 is 15.7 Å². The number of benzene rings is 1. The van der Waals surface area contributed by atoms with Crippen molar-refractivity contribution in [3.8, 4) is 5.75 Å². The van der Waals surface area contributed by atoms with Gasteiger partial charge in [-0.25, -0.2) is 8.42 Å². The van der Waals surface area contributed by atoms with Gasteiger partial charge in [-0.15, -0.1) is 0 Å². The number of aryl methyl sites for hydroxylation is 1. The molecule has 1 N–H and O–H groups in total. The van der Waals surface area contributed by atoms with E-state index >= 15 is 0 Å². The molecular formula is C17H27NO4S. The van der Waals surface area contributed by atoms with Gasteiger partial charge in [0.2, 0.25) is 5.91 Å². The minimum atomic E-state index is -3.36. The average molecular weight is 341 g/mol. The Balaban J connectivity index is 2.47. The van der Waals surface area contributed by atoms with E-state index in [1.807, 2.05) is 45.0 Å². The number of sulfone groups is 1. The van der Waals surface area contributed by atoms with Gasteiger partial charge in [0, 0.05) is 12.3 Å². The molecule has 0 saturated carbocycles. The molecule has 0 fully saturated rings. The second kappa shape index (κ2) is 8.34. The van der Waals surface area contributed by atoms with Crippen molar-refractivity contribution in [2.75, 3.05) is 6.26 Å². The van der Waals surface area contributed by atoms with Crippen molar-refractivity contribution in [3.63, 3.8) is 0 Å². The van der Waals surface area contributed by atoms with Gasteiger partial charge in [-0.05, 0) is 58.2 Å². The molecule has 1 amide bonds. The lowest BCUT2D eigenvalue weighted by Gasteiger charge is -2.17. The number of rotatable bonds is 8. The smallest absolute Gasteiger partial charge is 0.238 e. The highest BCUT2D eigenvalue weighted by Gasteiger charge is 2.24. The Kier molecular flexibility index (Phi) is 7.06. The van der Waals surface area contributed by atoms with E-state index in [-0.39, 0.29) is 12.1 Å². The predicted molar refractivity (Wildman–Crippen MR) is 92.4 cm³/mol. The van der Waals surface area contributed by atoms with Crippen molar-refractivity contribution in [1.82, 2.24) is 5.32 Å². The summed E-state index contributed by atoms with van der Waals surface area (Å²) >= 11 is 0. The van der Waals surface area contributed by atoms with E-state index in [0.717, 1.165) is 30.4 Å². The quantitative estimate of drug-likeness (QED) is 0.788. The first-order valence-electron chi connectivity index (χ1n) is 7.84. The van der Waals surface area contributed by atoms with Crippen LogP contribution in [0, 0.1) is 0 Å². The maximum Gasteiger partial charge on any atom is 0.238 e. The minimum Gasteiger partial charge on any atom is -0.491 e. The van der Waals surface area contributed by atoms with Gasteiger partial charge in [0.05, 0.1) is 6.10 Å². The van der Waals surface area contributed by atoms with Crippen LogP contribution in [0.4, 0.5) is 0 Å². The molecule has 23 heavy (non-hydrogen) atoms. The zero-order chi connectivity index (χ0) is 17.6. The molecule has 1 rings (SSSR count). The molecule has 0 saturated heterocycles. The van der Waals surface area contributed by atoms with Crippen LogP contribution in [0.5, 0.6) is 5.75 Å². The zero-order valence-corrected chi connectivity index (χ0v) is 15.3. The van der Waals surface area contributed by atoms with Crippen molar-refractivity contribution in [2.24, 2.45) is 0 Å². The van der Waals surface area contributed by atoms with E-state index in [4.69, 9.17) is 4.74 Å². The number of hydrogen-bond donors (Lipinski definition) is 1. The summed E-state index contributed by atoms with van der Waals surface area (Å²) in [7, 11) is -3.36. The molecule has 0 bridgehead atoms. The standard InChI is InChI=1S/C17H27NO4S/c1-12(2)22-16-10-8-15(9-11-16)7-6-13(3)18-17(19)14(4)23(5,20)21/h8-14H,6-7H2,1-5H3,(H,18,19)/t13-,14-/m1/s1. The molecular weight excluding hydrogens is 314 g/mol. The summed E-state index contributed by atoms with van der Waals surface area (Å²) in [4.78, 5) is 11.9. The van der Waals surface area contributed by atoms with Crippen molar-refractivity contribution in [2.45, 2.75) is 57.9 Å². The first-order valence-corrected chi connectivity index (χ1v) is 9.80. The highest BCUT2D eigenvalue weighted by atomic mass is 32.2. The number of ether oxygens (including phenoxy) is 1. The molecule has 130 valence electrons. The van der Waals surface area contributed by atoms with Crippen LogP contribution in [0.2, 0.25) is 0 Å². The molecule has 0 aliphatic carbocycles. The summed E-state index contributed by atoms with van der Waals surface area (Å²) in [6.45, 7) is 7.25. The first-order chi connectivity index (χ1) is 10.6. The Hall–Kier alpha value is -1.56. The summed E-state index contributed by atoms with van der Waals surface area (Å²) in [6, 6.07) is 7.80. The van der Waals surface area contributed by atoms with E-state index < -0.39 is 21.0 Å². The third-order valence-corrected chi connectivity index (χ3v) is 5.06. The SMILES string of the molecule is CC(C)Oc1ccc(CC[C@@H](C)NC(=O)[C@@H](C)S(C)(=O)=O)cc1. The number of nitrogens with one attached hydrogen (secondary N) is 1. The third kappa shape index (κ3) is 7.03. The molecule has 1 aromatic rings. The summed E-state index contributed by atoms with van der Waals surface area (Å²) in [5, 5.41) is 1.73. The Bertz CT molecular complexity index is 608. The Morgan fingerprint density at radius 3 is 2.17 bits per heavy atom. The lowest BCUT2D eigenvalue weighted by Crippen LogP contribution is -2.42. The van der Waals surface area contributed by atoms with Crippen LogP contribution in [-0.4, -0.2) is 38.0 Å². The number of amides is 1. The molecule has 0 heterocycles. The topological polar surface area (TPSA) is 72.5 Å². The molecule has 0 radical (unpaired) electrons. The van der Waals surface area contributed by atoms with Gasteiger partial charge >= 0.3 is 0 Å². The maximum atomic E-state index is 11.9. The van der Waals surface area contributed by atoms with Gasteiger partial charge in [0.15, 0.2) is 9.84 Å². The Morgan fingerprint density at radius 1 is 1.13 bits per heavy atom. The molecule has 0 aliphatic rings. The molecule has 1 aromatic carbocycles. The highest BCUT2D eigenvalue weighted by Crippen LogP contribution is 2.15. The Morgan fingerprint density at radius 2 is 1.70 bits per heavy atom. The van der Waals surface area contributed by atoms with E-state index in [1.54, 1.807) is 0 Å². The van der Waals surface area contributed by atoms with Crippen LogP contribution in [0.1, 0.15) is 39.7 Å². The largest absolute Gasteiger partial charge is 0.491 e. The van der Waals surface area contributed by atoms with E-state index in [0.29, 0.717) is 0 Å². The zero-order valence-electron chi connectivity index (χ0n) is 14.5. The van der Waals surface area contributed by atoms with Gasteiger partial charge in [-0.2, -0.15) is 0 Å². The molecule has 0 aliphatic heterocycles. The fraction of sp³-hybridized carbons (Fsp3) is 0.588. The van der Waals surface area contributed by atoms with E-state index in [1.165, 1.54) is 6.92 Å². The summed E-state index contributed by atoms with van der Waals surface area (Å²) < 4.78 is 28.3. The highest BCUT2D eigenvalue weighted by molar-refractivity contribution is 7.92. The lowest BCUT2D eigenvalue weighted by atomic mass is 10.1. The normalized spacial score (nSPS) is 14.3. The number of hydrogen-bond acceptors (Lipinski definition) is 4. The van der Waals surface area contributed by atoms with Crippen LogP contribution < -0.4 is 10.1 Å². The molecule has 5 nitrogen and oxygen atoms in total. The Labute approximate surface area is 139 Å². The van der Waals surface area contributed by atoms with E-state index in [9.17, 15) is 13.2 Å². The second-order valence-electron chi connectivity index (χ2n) is 6.23. The van der Waals surface area contributed by atoms with Crippen LogP contribution in [0.15, 0.2) is 24.3 Å². The maximum absolute atomic E-state index is 11.9. The van der Waals surface area contributed by atoms with E-state index in [2.05, 4.69) is 5.32 Å². The van der Waals surface area contributed by atoms with Gasteiger partial charge in [-0.3, -0.25) is 4.79 Å². The van der Waals surface area contributed by atoms with Crippen LogP contribution in [0.3, 0.4) is 0 Å². The molecule has 2 atom stereocenters. The number of carbonyl (C=O) groups excluding carboxylic acids is 1. The molecule has 0 aromatic heterocycles. The predicted octanol–water partition coefficient (Wildman–Crippen LogP) is 2.34. The van der Waals surface area contributed by atoms with Crippen LogP contribution in [-0.2, 0) is 21.1 Å². The lowest BCUT2D eigenvalue weighted by molar-refractivity contribution is -0.121. The number of carbonyl (C=O) groups is 1. The third-order valence-electron chi connectivity index (χ3n) is 3.56. The van der Waals surface area contributed by atoms with Gasteiger partial charge < -0.3 is 10.1 Å². The van der Waals surface area contributed by atoms with Crippen molar-refractivity contribution in [1.29, 1.82) is 0 Å². The molecule has 6 heteroatoms. The second-order valence-corrected chi connectivity index (χ2v) is 8.60. The summed E-state index contributed by atoms with van der Waals surface area (Å²) in [5.74, 6) is 0.396.